The van der Waals surface area contributed by atoms with Gasteiger partial charge in [-0.2, -0.15) is 0 Å². The number of fused-ring (bicyclic) bond motifs is 3. The third-order valence-corrected chi connectivity index (χ3v) is 7.79. The van der Waals surface area contributed by atoms with Gasteiger partial charge in [0, 0.05) is 50.8 Å². The van der Waals surface area contributed by atoms with E-state index in [0.29, 0.717) is 5.82 Å². The highest BCUT2D eigenvalue weighted by Crippen LogP contribution is 2.34. The molecule has 42 heavy (non-hydrogen) atoms. The predicted molar refractivity (Wildman–Crippen MR) is 172 cm³/mol. The Labute approximate surface area is 243 Å². The average Bonchev–Trinajstić information content (AvgIpc) is 3.07. The van der Waals surface area contributed by atoms with Crippen molar-refractivity contribution in [3.05, 3.63) is 146 Å². The van der Waals surface area contributed by atoms with Crippen molar-refractivity contribution < 1.29 is 0 Å². The fourth-order valence-corrected chi connectivity index (χ4v) is 5.71. The average molecular weight is 537 g/mol. The van der Waals surface area contributed by atoms with Gasteiger partial charge < -0.3 is 0 Å². The smallest absolute Gasteiger partial charge is 0.160 e. The normalized spacial score (nSPS) is 11.3. The molecule has 0 aliphatic carbocycles. The third kappa shape index (κ3) is 4.18. The quantitative estimate of drug-likeness (QED) is 0.225. The monoisotopic (exact) mass is 536 g/mol. The summed E-state index contributed by atoms with van der Waals surface area (Å²) in [4.78, 5) is 19.3. The summed E-state index contributed by atoms with van der Waals surface area (Å²) in [6.45, 7) is 0. The predicted octanol–water partition coefficient (Wildman–Crippen LogP) is 9.39. The number of para-hydroxylation sites is 3. The first-order chi connectivity index (χ1) is 20.8. The number of aromatic nitrogens is 4. The first kappa shape index (κ1) is 24.1. The molecule has 3 heterocycles. The van der Waals surface area contributed by atoms with E-state index in [9.17, 15) is 0 Å². The van der Waals surface area contributed by atoms with E-state index >= 15 is 0 Å². The minimum atomic E-state index is 0.702. The maximum Gasteiger partial charge on any atom is 0.160 e. The van der Waals surface area contributed by atoms with E-state index in [2.05, 4.69) is 119 Å². The first-order valence-electron chi connectivity index (χ1n) is 14.0. The van der Waals surface area contributed by atoms with Gasteiger partial charge in [-0.25, -0.2) is 9.97 Å². The van der Waals surface area contributed by atoms with Gasteiger partial charge in [-0.15, -0.1) is 0 Å². The van der Waals surface area contributed by atoms with Crippen molar-refractivity contribution in [1.29, 1.82) is 0 Å². The van der Waals surface area contributed by atoms with Crippen LogP contribution >= 0.6 is 0 Å². The van der Waals surface area contributed by atoms with Gasteiger partial charge in [0.25, 0.3) is 0 Å². The summed E-state index contributed by atoms with van der Waals surface area (Å²) >= 11 is 0. The van der Waals surface area contributed by atoms with Crippen LogP contribution in [0.25, 0.3) is 77.6 Å². The highest BCUT2D eigenvalue weighted by molar-refractivity contribution is 5.97. The number of hydrogen-bond donors (Lipinski definition) is 0. The molecule has 0 unspecified atom stereocenters. The molecule has 0 saturated carbocycles. The molecule has 0 bridgehead atoms. The standard InChI is InChI=1S/C38H24N4/c1-2-14-34-33(11-1)37(29-19-15-25(16-20-29)31-12-3-7-27-9-5-23-39-35(27)31)42-38(41-34)30-21-17-26(18-22-30)32-13-4-8-28-10-6-24-40-36(28)32/h1-24H. The second-order valence-corrected chi connectivity index (χ2v) is 10.3. The lowest BCUT2D eigenvalue weighted by Gasteiger charge is -2.11. The Bertz CT molecular complexity index is 2230. The number of rotatable bonds is 4. The van der Waals surface area contributed by atoms with Crippen molar-refractivity contribution in [2.75, 3.05) is 0 Å². The highest BCUT2D eigenvalue weighted by Gasteiger charge is 2.13. The lowest BCUT2D eigenvalue weighted by Crippen LogP contribution is -1.95. The molecule has 0 N–H and O–H groups in total. The van der Waals surface area contributed by atoms with E-state index in [0.717, 1.165) is 71.8 Å². The Morgan fingerprint density at radius 1 is 0.381 bits per heavy atom. The van der Waals surface area contributed by atoms with Crippen LogP contribution in [-0.2, 0) is 0 Å². The van der Waals surface area contributed by atoms with Crippen LogP contribution in [0.2, 0.25) is 0 Å². The second-order valence-electron chi connectivity index (χ2n) is 10.3. The zero-order chi connectivity index (χ0) is 27.9. The zero-order valence-corrected chi connectivity index (χ0v) is 22.6. The molecular formula is C38H24N4. The fourth-order valence-electron chi connectivity index (χ4n) is 5.71. The van der Waals surface area contributed by atoms with Gasteiger partial charge in [0.2, 0.25) is 0 Å². The van der Waals surface area contributed by atoms with Gasteiger partial charge in [0.15, 0.2) is 5.82 Å². The molecule has 8 aromatic rings. The lowest BCUT2D eigenvalue weighted by atomic mass is 9.98. The van der Waals surface area contributed by atoms with Gasteiger partial charge in [0.1, 0.15) is 0 Å². The molecule has 0 aliphatic heterocycles. The number of pyridine rings is 2. The van der Waals surface area contributed by atoms with Crippen LogP contribution in [-0.4, -0.2) is 19.9 Å². The van der Waals surface area contributed by atoms with Crippen LogP contribution in [0.3, 0.4) is 0 Å². The molecule has 4 nitrogen and oxygen atoms in total. The maximum absolute atomic E-state index is 5.11. The van der Waals surface area contributed by atoms with Crippen molar-refractivity contribution >= 4 is 32.7 Å². The number of benzene rings is 5. The molecular weight excluding hydrogens is 512 g/mol. The molecule has 0 fully saturated rings. The lowest BCUT2D eigenvalue weighted by molar-refractivity contribution is 1.23. The number of nitrogens with zero attached hydrogens (tertiary/aromatic N) is 4. The van der Waals surface area contributed by atoms with Crippen LogP contribution < -0.4 is 0 Å². The summed E-state index contributed by atoms with van der Waals surface area (Å²) in [7, 11) is 0. The Kier molecular flexibility index (Phi) is 5.75. The largest absolute Gasteiger partial charge is 0.256 e. The van der Waals surface area contributed by atoms with Gasteiger partial charge in [0.05, 0.1) is 22.2 Å². The summed E-state index contributed by atoms with van der Waals surface area (Å²) in [5.41, 5.74) is 10.3. The molecule has 0 spiro atoms. The van der Waals surface area contributed by atoms with Crippen molar-refractivity contribution in [1.82, 2.24) is 19.9 Å². The van der Waals surface area contributed by atoms with Gasteiger partial charge in [-0.05, 0) is 29.3 Å². The van der Waals surface area contributed by atoms with Crippen LogP contribution in [0.15, 0.2) is 146 Å². The van der Waals surface area contributed by atoms with Crippen LogP contribution in [0.1, 0.15) is 0 Å². The van der Waals surface area contributed by atoms with Crippen LogP contribution in [0.4, 0.5) is 0 Å². The molecule has 8 rings (SSSR count). The van der Waals surface area contributed by atoms with E-state index in [1.54, 1.807) is 0 Å². The Morgan fingerprint density at radius 2 is 0.905 bits per heavy atom. The molecule has 0 saturated heterocycles. The van der Waals surface area contributed by atoms with Crippen molar-refractivity contribution in [2.24, 2.45) is 0 Å². The molecule has 0 aliphatic rings. The number of hydrogen-bond acceptors (Lipinski definition) is 4. The van der Waals surface area contributed by atoms with Crippen molar-refractivity contribution in [3.8, 4) is 44.9 Å². The van der Waals surface area contributed by atoms with Gasteiger partial charge >= 0.3 is 0 Å². The minimum absolute atomic E-state index is 0.702. The molecule has 0 radical (unpaired) electrons. The first-order valence-corrected chi connectivity index (χ1v) is 14.0. The molecule has 0 atom stereocenters. The van der Waals surface area contributed by atoms with Crippen molar-refractivity contribution in [3.63, 3.8) is 0 Å². The van der Waals surface area contributed by atoms with Gasteiger partial charge in [-0.1, -0.05) is 115 Å². The maximum atomic E-state index is 5.11. The molecule has 5 aromatic carbocycles. The summed E-state index contributed by atoms with van der Waals surface area (Å²) < 4.78 is 0. The molecule has 3 aromatic heterocycles. The van der Waals surface area contributed by atoms with E-state index in [1.807, 2.05) is 36.7 Å². The molecule has 0 amide bonds. The van der Waals surface area contributed by atoms with Crippen molar-refractivity contribution in [2.45, 2.75) is 0 Å². The molecule has 196 valence electrons. The Balaban J connectivity index is 1.20. The minimum Gasteiger partial charge on any atom is -0.256 e. The van der Waals surface area contributed by atoms with E-state index in [1.165, 1.54) is 0 Å². The van der Waals surface area contributed by atoms with Crippen LogP contribution in [0.5, 0.6) is 0 Å². The highest BCUT2D eigenvalue weighted by atomic mass is 14.9. The Hall–Kier alpha value is -5.74. The summed E-state index contributed by atoms with van der Waals surface area (Å²) in [5, 5.41) is 3.29. The summed E-state index contributed by atoms with van der Waals surface area (Å²) in [6, 6.07) is 46.0. The summed E-state index contributed by atoms with van der Waals surface area (Å²) in [5.74, 6) is 0.702. The fraction of sp³-hybridized carbons (Fsp3) is 0. The Morgan fingerprint density at radius 3 is 1.52 bits per heavy atom. The molecule has 4 heteroatoms. The van der Waals surface area contributed by atoms with E-state index < -0.39 is 0 Å². The van der Waals surface area contributed by atoms with Gasteiger partial charge in [-0.3, -0.25) is 9.97 Å². The third-order valence-electron chi connectivity index (χ3n) is 7.79. The summed E-state index contributed by atoms with van der Waals surface area (Å²) in [6.07, 6.45) is 3.69. The SMILES string of the molecule is c1cnc2c(-c3ccc(-c4nc(-c5ccc(-c6cccc7cccnc67)cc5)c5ccccc5n4)cc3)cccc2c1. The van der Waals surface area contributed by atoms with E-state index in [-0.39, 0.29) is 0 Å². The second kappa shape index (κ2) is 10.0. The van der Waals surface area contributed by atoms with E-state index in [4.69, 9.17) is 9.97 Å². The topological polar surface area (TPSA) is 51.6 Å². The van der Waals surface area contributed by atoms with Crippen LogP contribution in [0, 0.1) is 0 Å². The zero-order valence-electron chi connectivity index (χ0n) is 22.6.